The standard InChI is InChI=1S/C21H41N3O2/c1-3-7-18(12-15-25)16-23-21(22-4-2)24-13-10-20(11-14-24)26-17-19-8-5-6-9-19/h18-20,25H,3-17H2,1-2H3,(H,22,23). The Morgan fingerprint density at radius 3 is 2.50 bits per heavy atom. The SMILES string of the molecule is CCCC(CCO)CN=C(NCC)N1CCC(OCC2CCCC2)CC1. The number of likely N-dealkylation sites (tertiary alicyclic amines) is 1. The first-order chi connectivity index (χ1) is 12.8. The second-order valence-electron chi connectivity index (χ2n) is 8.03. The highest BCUT2D eigenvalue weighted by Crippen LogP contribution is 2.26. The van der Waals surface area contributed by atoms with E-state index in [0.29, 0.717) is 12.0 Å². The molecule has 1 saturated carbocycles. The lowest BCUT2D eigenvalue weighted by molar-refractivity contribution is 0.00100. The molecule has 2 fully saturated rings. The van der Waals surface area contributed by atoms with Gasteiger partial charge in [0.1, 0.15) is 0 Å². The predicted molar refractivity (Wildman–Crippen MR) is 109 cm³/mol. The summed E-state index contributed by atoms with van der Waals surface area (Å²) in [5, 5.41) is 12.7. The summed E-state index contributed by atoms with van der Waals surface area (Å²) < 4.78 is 6.20. The van der Waals surface area contributed by atoms with Crippen LogP contribution in [-0.4, -0.2) is 61.5 Å². The highest BCUT2D eigenvalue weighted by molar-refractivity contribution is 5.80. The largest absolute Gasteiger partial charge is 0.396 e. The molecule has 0 amide bonds. The fourth-order valence-electron chi connectivity index (χ4n) is 4.24. The lowest BCUT2D eigenvalue weighted by atomic mass is 10.0. The normalized spacial score (nSPS) is 21.3. The molecule has 5 nitrogen and oxygen atoms in total. The molecule has 1 unspecified atom stereocenters. The van der Waals surface area contributed by atoms with Gasteiger partial charge < -0.3 is 20.1 Å². The van der Waals surface area contributed by atoms with Gasteiger partial charge in [-0.2, -0.15) is 0 Å². The molecule has 0 aromatic rings. The monoisotopic (exact) mass is 367 g/mol. The van der Waals surface area contributed by atoms with Gasteiger partial charge in [0.05, 0.1) is 6.10 Å². The molecule has 0 spiro atoms. The number of aliphatic imine (C=N–C) groups is 1. The smallest absolute Gasteiger partial charge is 0.193 e. The Hall–Kier alpha value is -0.810. The first-order valence-electron chi connectivity index (χ1n) is 11.0. The first kappa shape index (κ1) is 21.5. The molecule has 1 atom stereocenters. The van der Waals surface area contributed by atoms with Crippen LogP contribution in [0.2, 0.25) is 0 Å². The Labute approximate surface area is 160 Å². The number of hydrogen-bond donors (Lipinski definition) is 2. The van der Waals surface area contributed by atoms with Gasteiger partial charge >= 0.3 is 0 Å². The fraction of sp³-hybridized carbons (Fsp3) is 0.952. The molecular weight excluding hydrogens is 326 g/mol. The number of ether oxygens (including phenoxy) is 1. The van der Waals surface area contributed by atoms with E-state index in [0.717, 1.165) is 76.8 Å². The number of nitrogens with one attached hydrogen (secondary N) is 1. The highest BCUT2D eigenvalue weighted by Gasteiger charge is 2.24. The van der Waals surface area contributed by atoms with E-state index in [1.165, 1.54) is 25.7 Å². The first-order valence-corrected chi connectivity index (χ1v) is 11.0. The summed E-state index contributed by atoms with van der Waals surface area (Å²) in [6.45, 7) is 9.34. The van der Waals surface area contributed by atoms with E-state index in [4.69, 9.17) is 9.73 Å². The maximum absolute atomic E-state index is 9.25. The van der Waals surface area contributed by atoms with Gasteiger partial charge in [-0.25, -0.2) is 0 Å². The number of hydrogen-bond acceptors (Lipinski definition) is 3. The molecule has 1 saturated heterocycles. The van der Waals surface area contributed by atoms with Crippen LogP contribution in [0, 0.1) is 11.8 Å². The van der Waals surface area contributed by atoms with Gasteiger partial charge in [0.2, 0.25) is 0 Å². The third kappa shape index (κ3) is 7.43. The van der Waals surface area contributed by atoms with E-state index in [9.17, 15) is 5.11 Å². The van der Waals surface area contributed by atoms with Crippen LogP contribution < -0.4 is 5.32 Å². The maximum atomic E-state index is 9.25. The topological polar surface area (TPSA) is 57.1 Å². The summed E-state index contributed by atoms with van der Waals surface area (Å²) in [6.07, 6.45) is 11.3. The van der Waals surface area contributed by atoms with E-state index < -0.39 is 0 Å². The third-order valence-corrected chi connectivity index (χ3v) is 5.85. The quantitative estimate of drug-likeness (QED) is 0.459. The van der Waals surface area contributed by atoms with E-state index in [1.54, 1.807) is 0 Å². The molecular formula is C21H41N3O2. The number of aliphatic hydroxyl groups is 1. The minimum atomic E-state index is 0.264. The summed E-state index contributed by atoms with van der Waals surface area (Å²) >= 11 is 0. The average Bonchev–Trinajstić information content (AvgIpc) is 3.18. The zero-order valence-corrected chi connectivity index (χ0v) is 17.1. The molecule has 152 valence electrons. The van der Waals surface area contributed by atoms with Crippen molar-refractivity contribution in [3.05, 3.63) is 0 Å². The Bertz CT molecular complexity index is 383. The predicted octanol–water partition coefficient (Wildman–Crippen LogP) is 3.42. The number of guanidine groups is 1. The fourth-order valence-corrected chi connectivity index (χ4v) is 4.24. The molecule has 26 heavy (non-hydrogen) atoms. The van der Waals surface area contributed by atoms with Gasteiger partial charge in [-0.15, -0.1) is 0 Å². The van der Waals surface area contributed by atoms with Crippen LogP contribution in [0.1, 0.15) is 71.6 Å². The van der Waals surface area contributed by atoms with Gasteiger partial charge in [0, 0.05) is 39.4 Å². The van der Waals surface area contributed by atoms with Gasteiger partial charge in [-0.1, -0.05) is 26.2 Å². The van der Waals surface area contributed by atoms with Crippen molar-refractivity contribution in [2.24, 2.45) is 16.8 Å². The number of nitrogens with zero attached hydrogens (tertiary/aromatic N) is 2. The van der Waals surface area contributed by atoms with Crippen LogP contribution in [0.4, 0.5) is 0 Å². The van der Waals surface area contributed by atoms with Gasteiger partial charge in [-0.05, 0) is 57.3 Å². The Balaban J connectivity index is 1.77. The molecule has 2 N–H and O–H groups in total. The van der Waals surface area contributed by atoms with E-state index in [-0.39, 0.29) is 6.61 Å². The zero-order chi connectivity index (χ0) is 18.6. The lowest BCUT2D eigenvalue weighted by Crippen LogP contribution is -2.47. The van der Waals surface area contributed by atoms with Crippen LogP contribution in [-0.2, 0) is 4.74 Å². The molecule has 2 rings (SSSR count). The van der Waals surface area contributed by atoms with Crippen LogP contribution in [0.5, 0.6) is 0 Å². The summed E-state index contributed by atoms with van der Waals surface area (Å²) in [5.41, 5.74) is 0. The number of aliphatic hydroxyl groups excluding tert-OH is 1. The Morgan fingerprint density at radius 1 is 1.15 bits per heavy atom. The van der Waals surface area contributed by atoms with Gasteiger partial charge in [-0.3, -0.25) is 4.99 Å². The van der Waals surface area contributed by atoms with Crippen molar-refractivity contribution in [1.29, 1.82) is 0 Å². The summed E-state index contributed by atoms with van der Waals surface area (Å²) in [7, 11) is 0. The average molecular weight is 368 g/mol. The summed E-state index contributed by atoms with van der Waals surface area (Å²) in [4.78, 5) is 7.28. The van der Waals surface area contributed by atoms with E-state index in [1.807, 2.05) is 0 Å². The van der Waals surface area contributed by atoms with Crippen LogP contribution in [0.25, 0.3) is 0 Å². The molecule has 2 aliphatic rings. The highest BCUT2D eigenvalue weighted by atomic mass is 16.5. The van der Waals surface area contributed by atoms with Crippen molar-refractivity contribution in [3.8, 4) is 0 Å². The van der Waals surface area contributed by atoms with Crippen molar-refractivity contribution in [2.75, 3.05) is 39.4 Å². The summed E-state index contributed by atoms with van der Waals surface area (Å²) in [5.74, 6) is 2.35. The van der Waals surface area contributed by atoms with Crippen LogP contribution >= 0.6 is 0 Å². The van der Waals surface area contributed by atoms with Crippen molar-refractivity contribution in [2.45, 2.75) is 77.7 Å². The van der Waals surface area contributed by atoms with E-state index >= 15 is 0 Å². The number of rotatable bonds is 10. The second-order valence-corrected chi connectivity index (χ2v) is 8.03. The zero-order valence-electron chi connectivity index (χ0n) is 17.1. The second kappa shape index (κ2) is 12.6. The van der Waals surface area contributed by atoms with Gasteiger partial charge in [0.15, 0.2) is 5.96 Å². The minimum Gasteiger partial charge on any atom is -0.396 e. The lowest BCUT2D eigenvalue weighted by Gasteiger charge is -2.34. The molecule has 0 bridgehead atoms. The Morgan fingerprint density at radius 2 is 1.88 bits per heavy atom. The molecule has 0 radical (unpaired) electrons. The molecule has 1 aliphatic heterocycles. The van der Waals surface area contributed by atoms with Crippen molar-refractivity contribution < 1.29 is 9.84 Å². The van der Waals surface area contributed by atoms with Crippen molar-refractivity contribution >= 4 is 5.96 Å². The molecule has 1 heterocycles. The minimum absolute atomic E-state index is 0.264. The third-order valence-electron chi connectivity index (χ3n) is 5.85. The molecule has 0 aromatic heterocycles. The molecule has 0 aromatic carbocycles. The summed E-state index contributed by atoms with van der Waals surface area (Å²) in [6, 6.07) is 0. The van der Waals surface area contributed by atoms with Crippen LogP contribution in [0.15, 0.2) is 4.99 Å². The van der Waals surface area contributed by atoms with Crippen LogP contribution in [0.3, 0.4) is 0 Å². The Kier molecular flexibility index (Phi) is 10.4. The maximum Gasteiger partial charge on any atom is 0.193 e. The van der Waals surface area contributed by atoms with E-state index in [2.05, 4.69) is 24.1 Å². The van der Waals surface area contributed by atoms with Crippen molar-refractivity contribution in [3.63, 3.8) is 0 Å². The molecule has 1 aliphatic carbocycles. The molecule has 5 heteroatoms. The van der Waals surface area contributed by atoms with Crippen molar-refractivity contribution in [1.82, 2.24) is 10.2 Å². The van der Waals surface area contributed by atoms with Gasteiger partial charge in [0.25, 0.3) is 0 Å². The number of piperidine rings is 1.